The molecule has 4 unspecified atom stereocenters. The number of amides is 1. The molecule has 3 nitrogen and oxygen atoms in total. The van der Waals surface area contributed by atoms with Crippen molar-refractivity contribution in [1.29, 1.82) is 0 Å². The van der Waals surface area contributed by atoms with Crippen LogP contribution in [0.15, 0.2) is 54.7 Å². The van der Waals surface area contributed by atoms with E-state index in [-0.39, 0.29) is 17.6 Å². The van der Waals surface area contributed by atoms with Gasteiger partial charge in [0.1, 0.15) is 5.82 Å². The molecule has 2 heterocycles. The van der Waals surface area contributed by atoms with Gasteiger partial charge in [-0.1, -0.05) is 56.2 Å². The summed E-state index contributed by atoms with van der Waals surface area (Å²) in [7, 11) is 0. The number of aromatic nitrogens is 1. The average molecular weight is 419 g/mol. The van der Waals surface area contributed by atoms with Crippen LogP contribution < -0.4 is 0 Å². The van der Waals surface area contributed by atoms with E-state index in [1.165, 1.54) is 25.3 Å². The summed E-state index contributed by atoms with van der Waals surface area (Å²) >= 11 is 0. The fourth-order valence-electron chi connectivity index (χ4n) is 6.05. The number of nitrogens with zero attached hydrogens (tertiary/aromatic N) is 1. The number of aromatic amines is 1. The zero-order valence-electron chi connectivity index (χ0n) is 18.2. The number of likely N-dealkylation sites (tertiary alicyclic amines) is 1. The van der Waals surface area contributed by atoms with Crippen LogP contribution in [-0.2, 0) is 4.79 Å². The zero-order valence-corrected chi connectivity index (χ0v) is 18.2. The number of hydrogen-bond donors (Lipinski definition) is 1. The second kappa shape index (κ2) is 8.49. The van der Waals surface area contributed by atoms with Crippen molar-refractivity contribution < 1.29 is 9.18 Å². The van der Waals surface area contributed by atoms with Crippen molar-refractivity contribution in [1.82, 2.24) is 9.88 Å². The first-order valence-corrected chi connectivity index (χ1v) is 11.7. The van der Waals surface area contributed by atoms with Gasteiger partial charge in [-0.15, -0.1) is 0 Å². The maximum Gasteiger partial charge on any atom is 0.223 e. The van der Waals surface area contributed by atoms with E-state index < -0.39 is 0 Å². The highest BCUT2D eigenvalue weighted by Crippen LogP contribution is 2.41. The molecule has 3 aromatic rings. The molecule has 0 spiro atoms. The topological polar surface area (TPSA) is 36.1 Å². The monoisotopic (exact) mass is 418 g/mol. The summed E-state index contributed by atoms with van der Waals surface area (Å²) in [6.45, 7) is 3.21. The van der Waals surface area contributed by atoms with E-state index in [9.17, 15) is 9.18 Å². The first-order chi connectivity index (χ1) is 15.1. The van der Waals surface area contributed by atoms with Crippen LogP contribution in [0.25, 0.3) is 10.9 Å². The molecule has 4 atom stereocenters. The third kappa shape index (κ3) is 3.77. The fraction of sp³-hybridized carbons (Fsp3) is 0.444. The Morgan fingerprint density at radius 2 is 1.90 bits per heavy atom. The minimum atomic E-state index is -0.235. The molecule has 0 radical (unpaired) electrons. The Morgan fingerprint density at radius 1 is 1.10 bits per heavy atom. The highest BCUT2D eigenvalue weighted by atomic mass is 19.1. The number of fused-ring (bicyclic) bond motifs is 2. The predicted octanol–water partition coefficient (Wildman–Crippen LogP) is 6.26. The van der Waals surface area contributed by atoms with Crippen LogP contribution in [0.1, 0.15) is 62.5 Å². The van der Waals surface area contributed by atoms with Crippen LogP contribution in [0.4, 0.5) is 4.39 Å². The van der Waals surface area contributed by atoms with Gasteiger partial charge in [0, 0.05) is 42.0 Å². The average Bonchev–Trinajstić information content (AvgIpc) is 3.24. The zero-order chi connectivity index (χ0) is 21.4. The Hall–Kier alpha value is -2.62. The van der Waals surface area contributed by atoms with Crippen molar-refractivity contribution in [3.63, 3.8) is 0 Å². The van der Waals surface area contributed by atoms with E-state index in [4.69, 9.17) is 0 Å². The molecule has 162 valence electrons. The third-order valence-corrected chi connectivity index (χ3v) is 7.70. The number of halogens is 1. The van der Waals surface area contributed by atoms with Crippen molar-refractivity contribution in [2.45, 2.75) is 57.4 Å². The van der Waals surface area contributed by atoms with Gasteiger partial charge in [-0.25, -0.2) is 4.39 Å². The van der Waals surface area contributed by atoms with Crippen LogP contribution in [0.3, 0.4) is 0 Å². The fourth-order valence-corrected chi connectivity index (χ4v) is 6.05. The summed E-state index contributed by atoms with van der Waals surface area (Å²) < 4.78 is 14.8. The summed E-state index contributed by atoms with van der Waals surface area (Å²) in [5.41, 5.74) is 2.71. The molecule has 1 amide bonds. The Bertz CT molecular complexity index is 1060. The third-order valence-electron chi connectivity index (χ3n) is 7.70. The van der Waals surface area contributed by atoms with Crippen molar-refractivity contribution in [3.8, 4) is 0 Å². The number of nitrogens with one attached hydrogen (secondary N) is 1. The molecule has 2 aromatic carbocycles. The lowest BCUT2D eigenvalue weighted by Crippen LogP contribution is -2.52. The summed E-state index contributed by atoms with van der Waals surface area (Å²) in [5, 5.41) is 0.604. The van der Waals surface area contributed by atoms with Gasteiger partial charge in [-0.05, 0) is 54.4 Å². The van der Waals surface area contributed by atoms with Crippen LogP contribution in [0.5, 0.6) is 0 Å². The van der Waals surface area contributed by atoms with Gasteiger partial charge < -0.3 is 9.88 Å². The second-order valence-electron chi connectivity index (χ2n) is 9.44. The highest BCUT2D eigenvalue weighted by Gasteiger charge is 2.40. The van der Waals surface area contributed by atoms with E-state index in [2.05, 4.69) is 28.9 Å². The van der Waals surface area contributed by atoms with E-state index in [1.807, 2.05) is 30.5 Å². The van der Waals surface area contributed by atoms with Gasteiger partial charge >= 0.3 is 0 Å². The lowest BCUT2D eigenvalue weighted by atomic mass is 9.72. The number of H-pyrrole nitrogens is 1. The van der Waals surface area contributed by atoms with Crippen LogP contribution in [0, 0.1) is 17.7 Å². The predicted molar refractivity (Wildman–Crippen MR) is 122 cm³/mol. The van der Waals surface area contributed by atoms with Gasteiger partial charge in [-0.3, -0.25) is 4.79 Å². The van der Waals surface area contributed by atoms with Crippen molar-refractivity contribution in [2.75, 3.05) is 6.54 Å². The quantitative estimate of drug-likeness (QED) is 0.534. The molecule has 1 aromatic heterocycles. The molecule has 5 rings (SSSR count). The van der Waals surface area contributed by atoms with Gasteiger partial charge in [0.15, 0.2) is 0 Å². The molecule has 1 aliphatic carbocycles. The standard InChI is InChI=1S/C27H31FN2O/c1-18-14-15-30(25-13-6-5-10-20(18)25)26(31)16-21(19-8-3-2-4-9-19)22-17-29-24-12-7-11-23(28)27(22)24/h2-4,7-9,11-12,17-18,20-21,25,29H,5-6,10,13-16H2,1H3. The van der Waals surface area contributed by atoms with Gasteiger partial charge in [0.25, 0.3) is 0 Å². The summed E-state index contributed by atoms with van der Waals surface area (Å²) in [6, 6.07) is 15.6. The molecule has 31 heavy (non-hydrogen) atoms. The number of piperidine rings is 1. The van der Waals surface area contributed by atoms with Gasteiger partial charge in [-0.2, -0.15) is 0 Å². The number of hydrogen-bond acceptors (Lipinski definition) is 1. The van der Waals surface area contributed by atoms with E-state index in [0.717, 1.165) is 36.0 Å². The molecule has 1 saturated heterocycles. The summed E-state index contributed by atoms with van der Waals surface area (Å²) in [5.74, 6) is 1.14. The number of benzene rings is 2. The Balaban J connectivity index is 1.49. The minimum absolute atomic E-state index is 0.166. The van der Waals surface area contributed by atoms with Crippen LogP contribution >= 0.6 is 0 Å². The molecule has 2 aliphatic rings. The van der Waals surface area contributed by atoms with Crippen LogP contribution in [0.2, 0.25) is 0 Å². The molecule has 1 aliphatic heterocycles. The second-order valence-corrected chi connectivity index (χ2v) is 9.44. The normalized spacial score (nSPS) is 24.7. The summed E-state index contributed by atoms with van der Waals surface area (Å²) in [6.07, 6.45) is 8.22. The lowest BCUT2D eigenvalue weighted by molar-refractivity contribution is -0.139. The maximum atomic E-state index is 14.8. The number of carbonyl (C=O) groups excluding carboxylic acids is 1. The van der Waals surface area contributed by atoms with E-state index >= 15 is 0 Å². The molecular formula is C27H31FN2O. The minimum Gasteiger partial charge on any atom is -0.361 e. The molecule has 4 heteroatoms. The molecule has 0 bridgehead atoms. The Kier molecular flexibility index (Phi) is 5.56. The lowest BCUT2D eigenvalue weighted by Gasteiger charge is -2.47. The molecule has 1 saturated carbocycles. The van der Waals surface area contributed by atoms with Crippen molar-refractivity contribution in [2.24, 2.45) is 11.8 Å². The molecular weight excluding hydrogens is 387 g/mol. The van der Waals surface area contributed by atoms with Gasteiger partial charge in [0.05, 0.1) is 0 Å². The van der Waals surface area contributed by atoms with Crippen molar-refractivity contribution >= 4 is 16.8 Å². The van der Waals surface area contributed by atoms with E-state index in [0.29, 0.717) is 29.7 Å². The van der Waals surface area contributed by atoms with Gasteiger partial charge in [0.2, 0.25) is 5.91 Å². The smallest absolute Gasteiger partial charge is 0.223 e. The van der Waals surface area contributed by atoms with E-state index in [1.54, 1.807) is 6.07 Å². The largest absolute Gasteiger partial charge is 0.361 e. The highest BCUT2D eigenvalue weighted by molar-refractivity contribution is 5.86. The number of rotatable bonds is 4. The van der Waals surface area contributed by atoms with Crippen molar-refractivity contribution in [3.05, 3.63) is 71.7 Å². The first-order valence-electron chi connectivity index (χ1n) is 11.7. The maximum absolute atomic E-state index is 14.8. The molecule has 2 fully saturated rings. The Labute approximate surface area is 183 Å². The van der Waals surface area contributed by atoms with Crippen LogP contribution in [-0.4, -0.2) is 28.4 Å². The summed E-state index contributed by atoms with van der Waals surface area (Å²) in [4.78, 5) is 19.1. The first kappa shape index (κ1) is 20.3. The SMILES string of the molecule is CC1CCN(C(=O)CC(c2ccccc2)c2c[nH]c3cccc(F)c23)C2CCCCC12. The number of carbonyl (C=O) groups is 1. The Morgan fingerprint density at radius 3 is 2.74 bits per heavy atom. The molecule has 1 N–H and O–H groups in total.